The SMILES string of the molecule is CCNS(=O)(=O)c1c(C(N)=O)n(Cl)c2ccccc12. The number of amides is 1. The van der Waals surface area contributed by atoms with Crippen LogP contribution in [0, 0.1) is 0 Å². The summed E-state index contributed by atoms with van der Waals surface area (Å²) in [4.78, 5) is 11.3. The molecule has 102 valence electrons. The van der Waals surface area contributed by atoms with Crippen LogP contribution in [0.1, 0.15) is 17.4 Å². The van der Waals surface area contributed by atoms with Crippen molar-refractivity contribution in [2.45, 2.75) is 11.8 Å². The van der Waals surface area contributed by atoms with Crippen LogP contribution in [-0.2, 0) is 10.0 Å². The van der Waals surface area contributed by atoms with Gasteiger partial charge in [-0.1, -0.05) is 25.1 Å². The van der Waals surface area contributed by atoms with Crippen LogP contribution in [0.4, 0.5) is 0 Å². The number of hydrogen-bond donors (Lipinski definition) is 2. The molecule has 0 radical (unpaired) electrons. The molecule has 0 saturated heterocycles. The minimum atomic E-state index is -3.85. The van der Waals surface area contributed by atoms with E-state index in [1.54, 1.807) is 31.2 Å². The number of halogens is 1. The molecule has 2 rings (SSSR count). The Morgan fingerprint density at radius 2 is 2.05 bits per heavy atom. The van der Waals surface area contributed by atoms with Crippen LogP contribution in [0.2, 0.25) is 0 Å². The van der Waals surface area contributed by atoms with Gasteiger partial charge in [-0.25, -0.2) is 17.2 Å². The summed E-state index contributed by atoms with van der Waals surface area (Å²) in [5.41, 5.74) is 5.40. The predicted molar refractivity (Wildman–Crippen MR) is 72.6 cm³/mol. The Kier molecular flexibility index (Phi) is 3.53. The van der Waals surface area contributed by atoms with Gasteiger partial charge < -0.3 is 5.73 Å². The highest BCUT2D eigenvalue weighted by atomic mass is 35.5. The molecule has 1 aromatic heterocycles. The van der Waals surface area contributed by atoms with E-state index >= 15 is 0 Å². The summed E-state index contributed by atoms with van der Waals surface area (Å²) in [5, 5.41) is 0.354. The van der Waals surface area contributed by atoms with Gasteiger partial charge >= 0.3 is 0 Å². The Morgan fingerprint density at radius 3 is 2.63 bits per heavy atom. The first-order chi connectivity index (χ1) is 8.90. The van der Waals surface area contributed by atoms with Crippen LogP contribution in [0.5, 0.6) is 0 Å². The average molecular weight is 302 g/mol. The normalized spacial score (nSPS) is 11.9. The maximum Gasteiger partial charge on any atom is 0.268 e. The second-order valence-electron chi connectivity index (χ2n) is 3.84. The van der Waals surface area contributed by atoms with Crippen LogP contribution in [0.25, 0.3) is 10.9 Å². The molecule has 1 heterocycles. The van der Waals surface area contributed by atoms with E-state index in [2.05, 4.69) is 4.72 Å². The first-order valence-corrected chi connectivity index (χ1v) is 7.31. The van der Waals surface area contributed by atoms with E-state index in [1.807, 2.05) is 0 Å². The maximum absolute atomic E-state index is 12.2. The van der Waals surface area contributed by atoms with E-state index in [0.29, 0.717) is 10.9 Å². The molecule has 6 nitrogen and oxygen atoms in total. The fraction of sp³-hybridized carbons (Fsp3) is 0.182. The number of primary amides is 1. The van der Waals surface area contributed by atoms with E-state index in [4.69, 9.17) is 17.5 Å². The number of carbonyl (C=O) groups excluding carboxylic acids is 1. The van der Waals surface area contributed by atoms with Crippen molar-refractivity contribution >= 4 is 38.6 Å². The zero-order chi connectivity index (χ0) is 14.2. The van der Waals surface area contributed by atoms with Crippen molar-refractivity contribution in [3.05, 3.63) is 30.0 Å². The van der Waals surface area contributed by atoms with Crippen molar-refractivity contribution in [3.8, 4) is 0 Å². The third-order valence-electron chi connectivity index (χ3n) is 2.61. The quantitative estimate of drug-likeness (QED) is 0.883. The van der Waals surface area contributed by atoms with Crippen molar-refractivity contribution in [1.82, 2.24) is 8.81 Å². The van der Waals surface area contributed by atoms with Crippen molar-refractivity contribution in [2.75, 3.05) is 6.54 Å². The fourth-order valence-electron chi connectivity index (χ4n) is 1.92. The number of carbonyl (C=O) groups is 1. The van der Waals surface area contributed by atoms with Gasteiger partial charge in [0.2, 0.25) is 10.0 Å². The van der Waals surface area contributed by atoms with E-state index in [0.717, 1.165) is 4.09 Å². The lowest BCUT2D eigenvalue weighted by Gasteiger charge is -2.05. The van der Waals surface area contributed by atoms with Crippen molar-refractivity contribution < 1.29 is 13.2 Å². The molecular weight excluding hydrogens is 290 g/mol. The molecule has 1 amide bonds. The summed E-state index contributed by atoms with van der Waals surface area (Å²) >= 11 is 5.99. The third-order valence-corrected chi connectivity index (χ3v) is 4.58. The van der Waals surface area contributed by atoms with E-state index in [1.165, 1.54) is 0 Å². The lowest BCUT2D eigenvalue weighted by molar-refractivity contribution is 0.0992. The molecule has 0 aliphatic rings. The topological polar surface area (TPSA) is 94.2 Å². The number of nitrogens with zero attached hydrogens (tertiary/aromatic N) is 1. The minimum absolute atomic E-state index is 0.188. The Labute approximate surface area is 115 Å². The predicted octanol–water partition coefficient (Wildman–Crippen LogP) is 1.04. The smallest absolute Gasteiger partial charge is 0.268 e. The first kappa shape index (κ1) is 13.9. The van der Waals surface area contributed by atoms with Crippen molar-refractivity contribution in [3.63, 3.8) is 0 Å². The summed E-state index contributed by atoms with van der Waals surface area (Å²) in [6.45, 7) is 1.84. The molecule has 0 bridgehead atoms. The molecule has 0 unspecified atom stereocenters. The molecule has 3 N–H and O–H groups in total. The summed E-state index contributed by atoms with van der Waals surface area (Å²) in [6.07, 6.45) is 0. The summed E-state index contributed by atoms with van der Waals surface area (Å²) in [7, 11) is -3.85. The van der Waals surface area contributed by atoms with Gasteiger partial charge in [0, 0.05) is 23.7 Å². The highest BCUT2D eigenvalue weighted by Gasteiger charge is 2.29. The Morgan fingerprint density at radius 1 is 1.42 bits per heavy atom. The highest BCUT2D eigenvalue weighted by molar-refractivity contribution is 7.89. The van der Waals surface area contributed by atoms with Crippen LogP contribution in [0.15, 0.2) is 29.2 Å². The number of rotatable bonds is 4. The zero-order valence-corrected chi connectivity index (χ0v) is 11.6. The molecule has 0 fully saturated rings. The van der Waals surface area contributed by atoms with Gasteiger partial charge in [0.15, 0.2) is 0 Å². The summed E-state index contributed by atoms with van der Waals surface area (Å²) < 4.78 is 27.7. The van der Waals surface area contributed by atoms with E-state index in [-0.39, 0.29) is 17.1 Å². The highest BCUT2D eigenvalue weighted by Crippen LogP contribution is 2.30. The summed E-state index contributed by atoms with van der Waals surface area (Å²) in [6, 6.07) is 6.54. The number of nitrogens with one attached hydrogen (secondary N) is 1. The number of aromatic nitrogens is 1. The minimum Gasteiger partial charge on any atom is -0.364 e. The van der Waals surface area contributed by atoms with Crippen molar-refractivity contribution in [1.29, 1.82) is 0 Å². The summed E-state index contributed by atoms with van der Waals surface area (Å²) in [5.74, 6) is -0.900. The second-order valence-corrected chi connectivity index (χ2v) is 5.88. The van der Waals surface area contributed by atoms with Gasteiger partial charge in [-0.15, -0.1) is 0 Å². The first-order valence-electron chi connectivity index (χ1n) is 5.49. The number of fused-ring (bicyclic) bond motifs is 1. The number of nitrogens with two attached hydrogens (primary N) is 1. The van der Waals surface area contributed by atoms with Crippen LogP contribution >= 0.6 is 11.8 Å². The molecule has 0 atom stereocenters. The number of para-hydroxylation sites is 1. The maximum atomic E-state index is 12.2. The van der Waals surface area contributed by atoms with Crippen LogP contribution < -0.4 is 10.5 Å². The lowest BCUT2D eigenvalue weighted by Crippen LogP contribution is -2.26. The standard InChI is InChI=1S/C11H12ClN3O3S/c1-2-14-19(17,18)10-7-5-3-4-6-8(7)15(12)9(10)11(13)16/h3-6,14H,2H2,1H3,(H2,13,16). The van der Waals surface area contributed by atoms with E-state index in [9.17, 15) is 13.2 Å². The monoisotopic (exact) mass is 301 g/mol. The van der Waals surface area contributed by atoms with Gasteiger partial charge in [-0.3, -0.25) is 4.79 Å². The molecule has 19 heavy (non-hydrogen) atoms. The molecule has 1 aromatic carbocycles. The second kappa shape index (κ2) is 4.84. The average Bonchev–Trinajstić information content (AvgIpc) is 2.64. The molecule has 0 saturated carbocycles. The van der Waals surface area contributed by atoms with Gasteiger partial charge in [0.05, 0.1) is 5.52 Å². The Balaban J connectivity index is 2.93. The largest absolute Gasteiger partial charge is 0.364 e. The lowest BCUT2D eigenvalue weighted by atomic mass is 10.2. The molecule has 0 aliphatic carbocycles. The molecule has 0 aliphatic heterocycles. The zero-order valence-electron chi connectivity index (χ0n) is 10.1. The van der Waals surface area contributed by atoms with Crippen molar-refractivity contribution in [2.24, 2.45) is 5.73 Å². The fourth-order valence-corrected chi connectivity index (χ4v) is 3.72. The number of benzene rings is 1. The molecular formula is C11H12ClN3O3S. The molecule has 8 heteroatoms. The molecule has 2 aromatic rings. The number of hydrogen-bond acceptors (Lipinski definition) is 3. The van der Waals surface area contributed by atoms with Gasteiger partial charge in [0.1, 0.15) is 10.6 Å². The van der Waals surface area contributed by atoms with Gasteiger partial charge in [-0.05, 0) is 6.07 Å². The number of sulfonamides is 1. The Hall–Kier alpha value is -1.57. The molecule has 0 spiro atoms. The van der Waals surface area contributed by atoms with Gasteiger partial charge in [-0.2, -0.15) is 0 Å². The van der Waals surface area contributed by atoms with Gasteiger partial charge in [0.25, 0.3) is 5.91 Å². The third kappa shape index (κ3) is 2.20. The van der Waals surface area contributed by atoms with Crippen LogP contribution in [0.3, 0.4) is 0 Å². The Bertz CT molecular complexity index is 752. The van der Waals surface area contributed by atoms with Crippen LogP contribution in [-0.4, -0.2) is 25.0 Å². The van der Waals surface area contributed by atoms with E-state index < -0.39 is 15.9 Å².